The first kappa shape index (κ1) is 16.9. The van der Waals surface area contributed by atoms with Gasteiger partial charge in [-0.2, -0.15) is 0 Å². The second-order valence-corrected chi connectivity index (χ2v) is 6.64. The molecule has 2 amide bonds. The number of rotatable bonds is 6. The van der Waals surface area contributed by atoms with Gasteiger partial charge in [0, 0.05) is 12.1 Å². The van der Waals surface area contributed by atoms with Crippen LogP contribution >= 0.6 is 0 Å². The maximum absolute atomic E-state index is 12.3. The molecule has 134 valence electrons. The number of fused-ring (bicyclic) bond motifs is 1. The second kappa shape index (κ2) is 7.40. The Morgan fingerprint density at radius 1 is 0.885 bits per heavy atom. The summed E-state index contributed by atoms with van der Waals surface area (Å²) in [5.74, 6) is -0.370. The van der Waals surface area contributed by atoms with Crippen LogP contribution in [0.5, 0.6) is 0 Å². The maximum Gasteiger partial charge on any atom is 0.261 e. The lowest BCUT2D eigenvalue weighted by Crippen LogP contribution is -2.30. The zero-order chi connectivity index (χ0) is 17.9. The van der Waals surface area contributed by atoms with E-state index in [-0.39, 0.29) is 24.2 Å². The number of carbonyl (C=O) groups excluding carboxylic acids is 2. The standard InChI is InChI=1S/C21H21NO4/c23-19-17-11-4-5-12-18(17)20(24)22(19)13-7-6-10-16-14-25-21(26-16)15-8-2-1-3-9-15/h1-5,8-9,11-12,16,21H,6-7,10,13-14H2. The van der Waals surface area contributed by atoms with Crippen LogP contribution in [0.15, 0.2) is 54.6 Å². The van der Waals surface area contributed by atoms with Crippen LogP contribution in [-0.4, -0.2) is 36.0 Å². The molecule has 2 aromatic rings. The van der Waals surface area contributed by atoms with Crippen molar-refractivity contribution in [3.63, 3.8) is 0 Å². The van der Waals surface area contributed by atoms with E-state index < -0.39 is 0 Å². The Morgan fingerprint density at radius 2 is 1.54 bits per heavy atom. The van der Waals surface area contributed by atoms with E-state index in [0.29, 0.717) is 24.3 Å². The van der Waals surface area contributed by atoms with Gasteiger partial charge in [0.1, 0.15) is 0 Å². The van der Waals surface area contributed by atoms with Gasteiger partial charge in [-0.05, 0) is 31.4 Å². The fourth-order valence-electron chi connectivity index (χ4n) is 3.47. The van der Waals surface area contributed by atoms with Crippen molar-refractivity contribution in [3.05, 3.63) is 71.3 Å². The van der Waals surface area contributed by atoms with E-state index in [0.717, 1.165) is 24.8 Å². The van der Waals surface area contributed by atoms with Gasteiger partial charge in [0.05, 0.1) is 23.8 Å². The number of unbranched alkanes of at least 4 members (excludes halogenated alkanes) is 1. The summed E-state index contributed by atoms with van der Waals surface area (Å²) in [5, 5.41) is 0. The largest absolute Gasteiger partial charge is 0.346 e. The van der Waals surface area contributed by atoms with Crippen molar-refractivity contribution >= 4 is 11.8 Å². The highest BCUT2D eigenvalue weighted by Gasteiger charge is 2.34. The maximum atomic E-state index is 12.3. The smallest absolute Gasteiger partial charge is 0.261 e. The molecule has 2 aliphatic rings. The van der Waals surface area contributed by atoms with Gasteiger partial charge in [0.15, 0.2) is 6.29 Å². The number of hydrogen-bond donors (Lipinski definition) is 0. The Kier molecular flexibility index (Phi) is 4.82. The highest BCUT2D eigenvalue weighted by atomic mass is 16.7. The Bertz CT molecular complexity index is 770. The third kappa shape index (κ3) is 3.28. The van der Waals surface area contributed by atoms with E-state index in [1.165, 1.54) is 4.90 Å². The lowest BCUT2D eigenvalue weighted by atomic mass is 10.1. The summed E-state index contributed by atoms with van der Waals surface area (Å²) >= 11 is 0. The number of carbonyl (C=O) groups is 2. The predicted octanol–water partition coefficient (Wildman–Crippen LogP) is 3.57. The van der Waals surface area contributed by atoms with Crippen LogP contribution in [0.4, 0.5) is 0 Å². The van der Waals surface area contributed by atoms with Crippen molar-refractivity contribution in [2.75, 3.05) is 13.2 Å². The van der Waals surface area contributed by atoms with Gasteiger partial charge in [0.25, 0.3) is 11.8 Å². The zero-order valence-corrected chi connectivity index (χ0v) is 14.5. The lowest BCUT2D eigenvalue weighted by molar-refractivity contribution is -0.0613. The minimum Gasteiger partial charge on any atom is -0.346 e. The fraction of sp³-hybridized carbons (Fsp3) is 0.333. The number of hydrogen-bond acceptors (Lipinski definition) is 4. The molecule has 0 saturated carbocycles. The highest BCUT2D eigenvalue weighted by Crippen LogP contribution is 2.29. The molecule has 26 heavy (non-hydrogen) atoms. The number of ether oxygens (including phenoxy) is 2. The predicted molar refractivity (Wildman–Crippen MR) is 95.7 cm³/mol. The minimum atomic E-state index is -0.294. The van der Waals surface area contributed by atoms with Crippen molar-refractivity contribution in [1.29, 1.82) is 0 Å². The van der Waals surface area contributed by atoms with Crippen LogP contribution in [0.2, 0.25) is 0 Å². The summed E-state index contributed by atoms with van der Waals surface area (Å²) in [6.45, 7) is 1.02. The van der Waals surface area contributed by atoms with Gasteiger partial charge in [-0.3, -0.25) is 14.5 Å². The summed E-state index contributed by atoms with van der Waals surface area (Å²) in [7, 11) is 0. The van der Waals surface area contributed by atoms with E-state index in [9.17, 15) is 9.59 Å². The zero-order valence-electron chi connectivity index (χ0n) is 14.5. The SMILES string of the molecule is O=C1c2ccccc2C(=O)N1CCCCC1COC(c2ccccc2)O1. The van der Waals surface area contributed by atoms with Gasteiger partial charge < -0.3 is 9.47 Å². The molecule has 4 rings (SSSR count). The number of nitrogens with zero attached hydrogens (tertiary/aromatic N) is 1. The Hall–Kier alpha value is -2.50. The third-order valence-electron chi connectivity index (χ3n) is 4.86. The van der Waals surface area contributed by atoms with Crippen molar-refractivity contribution < 1.29 is 19.1 Å². The van der Waals surface area contributed by atoms with E-state index >= 15 is 0 Å². The molecule has 5 nitrogen and oxygen atoms in total. The fourth-order valence-corrected chi connectivity index (χ4v) is 3.47. The van der Waals surface area contributed by atoms with Crippen LogP contribution in [0, 0.1) is 0 Å². The van der Waals surface area contributed by atoms with E-state index in [1.807, 2.05) is 30.3 Å². The summed E-state index contributed by atoms with van der Waals surface area (Å²) in [6.07, 6.45) is 2.26. The quantitative estimate of drug-likeness (QED) is 0.590. The lowest BCUT2D eigenvalue weighted by Gasteiger charge is -2.15. The molecule has 1 fully saturated rings. The van der Waals surface area contributed by atoms with Crippen molar-refractivity contribution in [2.45, 2.75) is 31.7 Å². The van der Waals surface area contributed by atoms with Gasteiger partial charge in [0.2, 0.25) is 0 Å². The van der Waals surface area contributed by atoms with E-state index in [1.54, 1.807) is 24.3 Å². The van der Waals surface area contributed by atoms with Crippen molar-refractivity contribution in [1.82, 2.24) is 4.90 Å². The van der Waals surface area contributed by atoms with Gasteiger partial charge in [-0.15, -0.1) is 0 Å². The molecule has 2 heterocycles. The van der Waals surface area contributed by atoms with Crippen LogP contribution in [0.1, 0.15) is 51.8 Å². The molecule has 2 aromatic carbocycles. The normalized spacial score (nSPS) is 22.1. The first-order valence-electron chi connectivity index (χ1n) is 9.01. The van der Waals surface area contributed by atoms with Crippen LogP contribution < -0.4 is 0 Å². The molecular formula is C21H21NO4. The summed E-state index contributed by atoms with van der Waals surface area (Å²) in [6, 6.07) is 16.9. The molecule has 0 radical (unpaired) electrons. The molecule has 0 bridgehead atoms. The van der Waals surface area contributed by atoms with Crippen molar-refractivity contribution in [2.24, 2.45) is 0 Å². The van der Waals surface area contributed by atoms with E-state index in [2.05, 4.69) is 0 Å². The summed E-state index contributed by atoms with van der Waals surface area (Å²) < 4.78 is 11.7. The third-order valence-corrected chi connectivity index (χ3v) is 4.86. The van der Waals surface area contributed by atoms with Crippen LogP contribution in [-0.2, 0) is 9.47 Å². The molecule has 0 N–H and O–H groups in total. The van der Waals surface area contributed by atoms with Crippen LogP contribution in [0.3, 0.4) is 0 Å². The number of amides is 2. The molecule has 5 heteroatoms. The first-order chi connectivity index (χ1) is 12.7. The van der Waals surface area contributed by atoms with E-state index in [4.69, 9.17) is 9.47 Å². The monoisotopic (exact) mass is 351 g/mol. The molecule has 2 aliphatic heterocycles. The molecule has 1 saturated heterocycles. The van der Waals surface area contributed by atoms with Crippen molar-refractivity contribution in [3.8, 4) is 0 Å². The summed E-state index contributed by atoms with van der Waals surface area (Å²) in [5.41, 5.74) is 2.05. The van der Waals surface area contributed by atoms with Gasteiger partial charge in [-0.25, -0.2) is 0 Å². The van der Waals surface area contributed by atoms with Gasteiger partial charge >= 0.3 is 0 Å². The van der Waals surface area contributed by atoms with Gasteiger partial charge in [-0.1, -0.05) is 42.5 Å². The Balaban J connectivity index is 1.23. The minimum absolute atomic E-state index is 0.0578. The topological polar surface area (TPSA) is 55.8 Å². The molecule has 0 aliphatic carbocycles. The van der Waals surface area contributed by atoms with Crippen LogP contribution in [0.25, 0.3) is 0 Å². The average molecular weight is 351 g/mol. The molecule has 2 atom stereocenters. The first-order valence-corrected chi connectivity index (χ1v) is 9.01. The number of imide groups is 1. The summed E-state index contributed by atoms with van der Waals surface area (Å²) in [4.78, 5) is 26.0. The number of benzene rings is 2. The second-order valence-electron chi connectivity index (χ2n) is 6.64. The molecule has 0 aromatic heterocycles. The Morgan fingerprint density at radius 3 is 2.23 bits per heavy atom. The molecule has 0 spiro atoms. The molecular weight excluding hydrogens is 330 g/mol. The Labute approximate surface area is 152 Å². The highest BCUT2D eigenvalue weighted by molar-refractivity contribution is 6.21. The average Bonchev–Trinajstić information content (AvgIpc) is 3.25. The molecule has 2 unspecified atom stereocenters.